The van der Waals surface area contributed by atoms with Crippen LogP contribution in [-0.2, 0) is 6.54 Å². The minimum Gasteiger partial charge on any atom is -0.373 e. The molecule has 0 atom stereocenters. The van der Waals surface area contributed by atoms with Crippen LogP contribution >= 0.6 is 22.9 Å². The lowest BCUT2D eigenvalue weighted by Crippen LogP contribution is -2.25. The summed E-state index contributed by atoms with van der Waals surface area (Å²) in [6.07, 6.45) is 1.66. The van der Waals surface area contributed by atoms with Crippen molar-refractivity contribution in [3.63, 3.8) is 0 Å². The normalized spacial score (nSPS) is 10.6. The second-order valence-electron chi connectivity index (χ2n) is 3.67. The van der Waals surface area contributed by atoms with Gasteiger partial charge in [0.25, 0.3) is 5.56 Å². The minimum atomic E-state index is -0.167. The van der Waals surface area contributed by atoms with Crippen molar-refractivity contribution in [2.75, 3.05) is 18.5 Å². The quantitative estimate of drug-likeness (QED) is 0.846. The van der Waals surface area contributed by atoms with Gasteiger partial charge in [0.2, 0.25) is 4.47 Å². The van der Waals surface area contributed by atoms with Crippen molar-refractivity contribution in [3.8, 4) is 0 Å². The van der Waals surface area contributed by atoms with Crippen molar-refractivity contribution in [3.05, 3.63) is 32.1 Å². The molecule has 0 aliphatic rings. The molecule has 2 aromatic heterocycles. The van der Waals surface area contributed by atoms with Crippen LogP contribution in [0.25, 0.3) is 0 Å². The monoisotopic (exact) mass is 285 g/mol. The maximum atomic E-state index is 11.9. The topological polar surface area (TPSA) is 63.9 Å². The summed E-state index contributed by atoms with van der Waals surface area (Å²) >= 11 is 6.92. The molecule has 0 radical (unpaired) electrons. The van der Waals surface area contributed by atoms with Crippen molar-refractivity contribution in [2.45, 2.75) is 13.5 Å². The van der Waals surface area contributed by atoms with E-state index in [2.05, 4.69) is 15.3 Å². The van der Waals surface area contributed by atoms with Gasteiger partial charge in [-0.15, -0.1) is 10.2 Å². The van der Waals surface area contributed by atoms with Crippen LogP contribution in [0.5, 0.6) is 0 Å². The Kier molecular flexibility index (Phi) is 3.93. The first-order chi connectivity index (χ1) is 8.60. The predicted molar refractivity (Wildman–Crippen MR) is 71.5 cm³/mol. The number of aromatic nitrogens is 4. The molecule has 0 amide bonds. The second-order valence-corrected chi connectivity index (χ2v) is 5.32. The molecule has 96 valence electrons. The summed E-state index contributed by atoms with van der Waals surface area (Å²) in [6, 6.07) is 1.55. The van der Waals surface area contributed by atoms with E-state index in [-0.39, 0.29) is 5.56 Å². The zero-order valence-electron chi connectivity index (χ0n) is 10.00. The van der Waals surface area contributed by atoms with Gasteiger partial charge in [0.05, 0.1) is 18.4 Å². The summed E-state index contributed by atoms with van der Waals surface area (Å²) in [7, 11) is 1.91. The molecule has 18 heavy (non-hydrogen) atoms. The third-order valence-electron chi connectivity index (χ3n) is 2.50. The first-order valence-corrected chi connectivity index (χ1v) is 6.55. The van der Waals surface area contributed by atoms with E-state index in [9.17, 15) is 4.79 Å². The van der Waals surface area contributed by atoms with E-state index in [1.54, 1.807) is 12.3 Å². The van der Waals surface area contributed by atoms with Crippen LogP contribution in [0, 0.1) is 0 Å². The molecule has 2 heterocycles. The van der Waals surface area contributed by atoms with Gasteiger partial charge in [0.1, 0.15) is 5.01 Å². The first-order valence-electron chi connectivity index (χ1n) is 5.36. The van der Waals surface area contributed by atoms with Crippen LogP contribution in [0.1, 0.15) is 11.9 Å². The smallest absolute Gasteiger partial charge is 0.269 e. The SMILES string of the molecule is CCN(C)c1cnn(Cc2nnc(Cl)s2)c(=O)c1. The molecule has 0 N–H and O–H groups in total. The molecule has 2 aromatic rings. The third kappa shape index (κ3) is 2.85. The lowest BCUT2D eigenvalue weighted by atomic mass is 10.4. The Morgan fingerprint density at radius 1 is 1.50 bits per heavy atom. The summed E-state index contributed by atoms with van der Waals surface area (Å²) in [4.78, 5) is 13.8. The summed E-state index contributed by atoms with van der Waals surface area (Å²) < 4.78 is 1.70. The summed E-state index contributed by atoms with van der Waals surface area (Å²) in [5.74, 6) is 0. The van der Waals surface area contributed by atoms with Gasteiger partial charge < -0.3 is 4.90 Å². The van der Waals surface area contributed by atoms with E-state index in [4.69, 9.17) is 11.6 Å². The van der Waals surface area contributed by atoms with Gasteiger partial charge in [-0.25, -0.2) is 4.68 Å². The molecule has 2 rings (SSSR count). The zero-order chi connectivity index (χ0) is 13.1. The van der Waals surface area contributed by atoms with E-state index in [0.717, 1.165) is 12.2 Å². The molecule has 0 saturated heterocycles. The number of halogens is 1. The molecule has 8 heteroatoms. The van der Waals surface area contributed by atoms with Crippen molar-refractivity contribution in [1.82, 2.24) is 20.0 Å². The molecule has 0 bridgehead atoms. The van der Waals surface area contributed by atoms with E-state index in [1.165, 1.54) is 16.0 Å². The highest BCUT2D eigenvalue weighted by Gasteiger charge is 2.07. The molecule has 0 aliphatic heterocycles. The third-order valence-corrected chi connectivity index (χ3v) is 3.50. The lowest BCUT2D eigenvalue weighted by molar-refractivity contribution is 0.631. The van der Waals surface area contributed by atoms with Gasteiger partial charge in [-0.1, -0.05) is 11.3 Å². The Balaban J connectivity index is 2.22. The number of hydrogen-bond acceptors (Lipinski definition) is 6. The van der Waals surface area contributed by atoms with Gasteiger partial charge >= 0.3 is 0 Å². The number of hydrogen-bond donors (Lipinski definition) is 0. The molecule has 0 aliphatic carbocycles. The van der Waals surface area contributed by atoms with Gasteiger partial charge in [0.15, 0.2) is 0 Å². The molecule has 0 unspecified atom stereocenters. The van der Waals surface area contributed by atoms with Crippen molar-refractivity contribution >= 4 is 28.6 Å². The van der Waals surface area contributed by atoms with Crippen LogP contribution in [0.3, 0.4) is 0 Å². The highest BCUT2D eigenvalue weighted by atomic mass is 35.5. The molecule has 0 aromatic carbocycles. The summed E-state index contributed by atoms with van der Waals surface area (Å²) in [6.45, 7) is 3.12. The van der Waals surface area contributed by atoms with Gasteiger partial charge in [-0.2, -0.15) is 5.10 Å². The van der Waals surface area contributed by atoms with Crippen LogP contribution in [0.4, 0.5) is 5.69 Å². The summed E-state index contributed by atoms with van der Waals surface area (Å²) in [5.41, 5.74) is 0.633. The van der Waals surface area contributed by atoms with E-state index in [1.807, 2.05) is 18.9 Å². The Morgan fingerprint density at radius 2 is 2.28 bits per heavy atom. The number of nitrogens with zero attached hydrogens (tertiary/aromatic N) is 5. The number of anilines is 1. The standard InChI is InChI=1S/C10H12ClN5OS/c1-3-15(2)7-4-9(17)16(12-5-7)6-8-13-14-10(11)18-8/h4-5H,3,6H2,1-2H3. The average molecular weight is 286 g/mol. The Bertz CT molecular complexity index is 596. The summed E-state index contributed by atoms with van der Waals surface area (Å²) in [5, 5.41) is 12.3. The first kappa shape index (κ1) is 13.0. The lowest BCUT2D eigenvalue weighted by Gasteiger charge is -2.15. The second kappa shape index (κ2) is 5.45. The molecule has 6 nitrogen and oxygen atoms in total. The zero-order valence-corrected chi connectivity index (χ0v) is 11.6. The average Bonchev–Trinajstić information content (AvgIpc) is 2.76. The molecular formula is C10H12ClN5OS. The van der Waals surface area contributed by atoms with Gasteiger partial charge in [-0.3, -0.25) is 4.79 Å². The molecule has 0 spiro atoms. The highest BCUT2D eigenvalue weighted by molar-refractivity contribution is 7.15. The fourth-order valence-corrected chi connectivity index (χ4v) is 2.21. The fourth-order valence-electron chi connectivity index (χ4n) is 1.36. The Hall–Kier alpha value is -1.47. The van der Waals surface area contributed by atoms with Crippen molar-refractivity contribution < 1.29 is 0 Å². The van der Waals surface area contributed by atoms with Crippen molar-refractivity contribution in [2.24, 2.45) is 0 Å². The van der Waals surface area contributed by atoms with Gasteiger partial charge in [-0.05, 0) is 18.5 Å². The van der Waals surface area contributed by atoms with E-state index in [0.29, 0.717) is 16.0 Å². The molecule has 0 saturated carbocycles. The van der Waals surface area contributed by atoms with Crippen LogP contribution < -0.4 is 10.5 Å². The van der Waals surface area contributed by atoms with E-state index < -0.39 is 0 Å². The maximum Gasteiger partial charge on any atom is 0.269 e. The largest absolute Gasteiger partial charge is 0.373 e. The molecule has 0 fully saturated rings. The number of rotatable bonds is 4. The van der Waals surface area contributed by atoms with Gasteiger partial charge in [0, 0.05) is 19.7 Å². The Labute approximate surface area is 113 Å². The highest BCUT2D eigenvalue weighted by Crippen LogP contribution is 2.15. The molecular weight excluding hydrogens is 274 g/mol. The van der Waals surface area contributed by atoms with E-state index >= 15 is 0 Å². The van der Waals surface area contributed by atoms with Crippen molar-refractivity contribution in [1.29, 1.82) is 0 Å². The van der Waals surface area contributed by atoms with Crippen LogP contribution in [0.15, 0.2) is 17.1 Å². The minimum absolute atomic E-state index is 0.167. The maximum absolute atomic E-state index is 11.9. The van der Waals surface area contributed by atoms with Crippen LogP contribution in [0.2, 0.25) is 4.47 Å². The van der Waals surface area contributed by atoms with Crippen LogP contribution in [-0.4, -0.2) is 33.6 Å². The predicted octanol–water partition coefficient (Wildman–Crippen LogP) is 1.25. The Morgan fingerprint density at radius 3 is 2.83 bits per heavy atom. The fraction of sp³-hybridized carbons (Fsp3) is 0.400.